The van der Waals surface area contributed by atoms with Crippen LogP contribution in [-0.2, 0) is 9.53 Å². The number of carbonyl (C=O) groups is 2. The first-order valence-corrected chi connectivity index (χ1v) is 9.01. The first-order chi connectivity index (χ1) is 13.5. The number of amides is 1. The third-order valence-corrected chi connectivity index (χ3v) is 4.28. The highest BCUT2D eigenvalue weighted by molar-refractivity contribution is 5.92. The van der Waals surface area contributed by atoms with Crippen molar-refractivity contribution in [1.82, 2.24) is 14.8 Å². The highest BCUT2D eigenvalue weighted by atomic mass is 16.5. The van der Waals surface area contributed by atoms with Crippen LogP contribution in [0.15, 0.2) is 48.7 Å². The Morgan fingerprint density at radius 2 is 2.07 bits per heavy atom. The van der Waals surface area contributed by atoms with Crippen molar-refractivity contribution in [3.8, 4) is 11.5 Å². The van der Waals surface area contributed by atoms with Crippen LogP contribution in [0.25, 0.3) is 0 Å². The lowest BCUT2D eigenvalue weighted by Gasteiger charge is -2.34. The van der Waals surface area contributed by atoms with E-state index in [1.807, 2.05) is 30.3 Å². The fourth-order valence-electron chi connectivity index (χ4n) is 3.04. The second-order valence-electron chi connectivity index (χ2n) is 6.63. The summed E-state index contributed by atoms with van der Waals surface area (Å²) in [4.78, 5) is 31.2. The number of carboxylic acids is 1. The minimum atomic E-state index is -0.898. The first-order valence-electron chi connectivity index (χ1n) is 9.01. The Balaban J connectivity index is 1.63. The standard InChI is InChI=1S/C20H23N3O5/c1-22(14-19(24)25)12-17-13-23(9-10-27-17)20(26)18-11-16(7-8-21-18)28-15-5-3-2-4-6-15/h2-8,11,17H,9-10,12-14H2,1H3,(H,24,25)/t17-/m0/s1. The number of morpholine rings is 1. The molecule has 1 amide bonds. The van der Waals surface area contributed by atoms with E-state index in [0.29, 0.717) is 43.4 Å². The quantitative estimate of drug-likeness (QED) is 0.776. The van der Waals surface area contributed by atoms with Gasteiger partial charge in [-0.15, -0.1) is 0 Å². The maximum atomic E-state index is 12.9. The number of nitrogens with zero attached hydrogens (tertiary/aromatic N) is 3. The molecule has 148 valence electrons. The molecule has 1 saturated heterocycles. The van der Waals surface area contributed by atoms with Crippen LogP contribution in [0.2, 0.25) is 0 Å². The first kappa shape index (κ1) is 19.8. The molecule has 0 spiro atoms. The zero-order valence-corrected chi connectivity index (χ0v) is 15.7. The fraction of sp³-hybridized carbons (Fsp3) is 0.350. The summed E-state index contributed by atoms with van der Waals surface area (Å²) >= 11 is 0. The van der Waals surface area contributed by atoms with Gasteiger partial charge in [0, 0.05) is 31.9 Å². The van der Waals surface area contributed by atoms with Gasteiger partial charge in [0.05, 0.1) is 19.3 Å². The Hall–Kier alpha value is -2.97. The Morgan fingerprint density at radius 1 is 1.29 bits per heavy atom. The average Bonchev–Trinajstić information content (AvgIpc) is 2.68. The van der Waals surface area contributed by atoms with Gasteiger partial charge in [0.2, 0.25) is 0 Å². The highest BCUT2D eigenvalue weighted by Crippen LogP contribution is 2.21. The molecule has 1 N–H and O–H groups in total. The molecule has 0 saturated carbocycles. The number of ether oxygens (including phenoxy) is 2. The molecule has 1 fully saturated rings. The van der Waals surface area contributed by atoms with Crippen molar-refractivity contribution in [2.45, 2.75) is 6.10 Å². The van der Waals surface area contributed by atoms with Gasteiger partial charge in [-0.25, -0.2) is 0 Å². The SMILES string of the molecule is CN(CC(=O)O)C[C@H]1CN(C(=O)c2cc(Oc3ccccc3)ccn2)CCO1. The van der Waals surface area contributed by atoms with E-state index in [2.05, 4.69) is 4.98 Å². The van der Waals surface area contributed by atoms with Crippen molar-refractivity contribution in [3.05, 3.63) is 54.4 Å². The van der Waals surface area contributed by atoms with Crippen molar-refractivity contribution in [3.63, 3.8) is 0 Å². The second kappa shape index (κ2) is 9.29. The van der Waals surface area contributed by atoms with E-state index >= 15 is 0 Å². The van der Waals surface area contributed by atoms with E-state index < -0.39 is 5.97 Å². The molecule has 0 radical (unpaired) electrons. The van der Waals surface area contributed by atoms with Crippen molar-refractivity contribution >= 4 is 11.9 Å². The molecule has 1 aromatic heterocycles. The number of likely N-dealkylation sites (N-methyl/N-ethyl adjacent to an activating group) is 1. The van der Waals surface area contributed by atoms with Crippen LogP contribution < -0.4 is 4.74 Å². The number of hydrogen-bond acceptors (Lipinski definition) is 6. The minimum Gasteiger partial charge on any atom is -0.480 e. The van der Waals surface area contributed by atoms with E-state index in [1.54, 1.807) is 35.2 Å². The van der Waals surface area contributed by atoms with Gasteiger partial charge in [-0.1, -0.05) is 18.2 Å². The van der Waals surface area contributed by atoms with Crippen LogP contribution in [0.4, 0.5) is 0 Å². The Labute approximate surface area is 163 Å². The number of benzene rings is 1. The van der Waals surface area contributed by atoms with Gasteiger partial charge in [0.25, 0.3) is 5.91 Å². The van der Waals surface area contributed by atoms with E-state index in [9.17, 15) is 9.59 Å². The molecule has 0 bridgehead atoms. The summed E-state index contributed by atoms with van der Waals surface area (Å²) in [6.45, 7) is 1.60. The lowest BCUT2D eigenvalue weighted by molar-refractivity contribution is -0.138. The predicted molar refractivity (Wildman–Crippen MR) is 102 cm³/mol. The number of aliphatic carboxylic acids is 1. The Kier molecular flexibility index (Phi) is 6.57. The molecule has 8 heteroatoms. The number of para-hydroxylation sites is 1. The summed E-state index contributed by atoms with van der Waals surface area (Å²) < 4.78 is 11.4. The molecule has 1 atom stereocenters. The van der Waals surface area contributed by atoms with Gasteiger partial charge in [-0.2, -0.15) is 0 Å². The molecular formula is C20H23N3O5. The van der Waals surface area contributed by atoms with E-state index in [0.717, 1.165) is 0 Å². The zero-order valence-electron chi connectivity index (χ0n) is 15.7. The zero-order chi connectivity index (χ0) is 19.9. The fourth-order valence-corrected chi connectivity index (χ4v) is 3.04. The van der Waals surface area contributed by atoms with Crippen molar-refractivity contribution in [2.75, 3.05) is 39.8 Å². The third kappa shape index (κ3) is 5.51. The van der Waals surface area contributed by atoms with Gasteiger partial charge in [0.15, 0.2) is 0 Å². The average molecular weight is 385 g/mol. The topological polar surface area (TPSA) is 92.2 Å². The van der Waals surface area contributed by atoms with Crippen LogP contribution in [0.3, 0.4) is 0 Å². The molecule has 0 aliphatic carbocycles. The van der Waals surface area contributed by atoms with E-state index in [1.165, 1.54) is 0 Å². The molecular weight excluding hydrogens is 362 g/mol. The largest absolute Gasteiger partial charge is 0.480 e. The van der Waals surface area contributed by atoms with Gasteiger partial charge < -0.3 is 19.5 Å². The molecule has 1 aliphatic heterocycles. The van der Waals surface area contributed by atoms with Gasteiger partial charge >= 0.3 is 5.97 Å². The van der Waals surface area contributed by atoms with Crippen LogP contribution in [-0.4, -0.2) is 77.7 Å². The number of rotatable bonds is 7. The predicted octanol–water partition coefficient (Wildman–Crippen LogP) is 1.73. The molecule has 8 nitrogen and oxygen atoms in total. The summed E-state index contributed by atoms with van der Waals surface area (Å²) in [6.07, 6.45) is 1.30. The van der Waals surface area contributed by atoms with Crippen LogP contribution >= 0.6 is 0 Å². The smallest absolute Gasteiger partial charge is 0.317 e. The Morgan fingerprint density at radius 3 is 2.82 bits per heavy atom. The normalized spacial score (nSPS) is 16.8. The Bertz CT molecular complexity index is 814. The number of hydrogen-bond donors (Lipinski definition) is 1. The maximum Gasteiger partial charge on any atom is 0.317 e. The number of carbonyl (C=O) groups excluding carboxylic acids is 1. The monoisotopic (exact) mass is 385 g/mol. The van der Waals surface area contributed by atoms with E-state index in [-0.39, 0.29) is 18.6 Å². The van der Waals surface area contributed by atoms with Gasteiger partial charge in [-0.05, 0) is 25.2 Å². The van der Waals surface area contributed by atoms with Crippen LogP contribution in [0.1, 0.15) is 10.5 Å². The van der Waals surface area contributed by atoms with Crippen molar-refractivity contribution in [1.29, 1.82) is 0 Å². The second-order valence-corrected chi connectivity index (χ2v) is 6.63. The third-order valence-electron chi connectivity index (χ3n) is 4.28. The van der Waals surface area contributed by atoms with Crippen LogP contribution in [0.5, 0.6) is 11.5 Å². The molecule has 2 heterocycles. The van der Waals surface area contributed by atoms with E-state index in [4.69, 9.17) is 14.6 Å². The molecule has 1 aromatic carbocycles. The number of aromatic nitrogens is 1. The summed E-state index contributed by atoms with van der Waals surface area (Å²) in [5.74, 6) is 0.119. The lowest BCUT2D eigenvalue weighted by Crippen LogP contribution is -2.49. The van der Waals surface area contributed by atoms with Gasteiger partial charge in [0.1, 0.15) is 17.2 Å². The minimum absolute atomic E-state index is 0.0752. The van der Waals surface area contributed by atoms with Gasteiger partial charge in [-0.3, -0.25) is 19.5 Å². The molecule has 0 unspecified atom stereocenters. The maximum absolute atomic E-state index is 12.9. The summed E-state index contributed by atoms with van der Waals surface area (Å²) in [5.41, 5.74) is 0.299. The number of pyridine rings is 1. The van der Waals surface area contributed by atoms with Crippen molar-refractivity contribution in [2.24, 2.45) is 0 Å². The molecule has 1 aliphatic rings. The summed E-state index contributed by atoms with van der Waals surface area (Å²) in [6, 6.07) is 12.6. The molecule has 28 heavy (non-hydrogen) atoms. The number of carboxylic acid groups (broad SMARTS) is 1. The summed E-state index contributed by atoms with van der Waals surface area (Å²) in [7, 11) is 1.71. The summed E-state index contributed by atoms with van der Waals surface area (Å²) in [5, 5.41) is 8.87. The van der Waals surface area contributed by atoms with Crippen molar-refractivity contribution < 1.29 is 24.2 Å². The lowest BCUT2D eigenvalue weighted by atomic mass is 10.2. The van der Waals surface area contributed by atoms with Crippen LogP contribution in [0, 0.1) is 0 Å². The highest BCUT2D eigenvalue weighted by Gasteiger charge is 2.27. The molecule has 2 aromatic rings. The molecule has 3 rings (SSSR count).